The first-order chi connectivity index (χ1) is 49.0. The number of nitrogens with zero attached hydrogens (tertiary/aromatic N) is 10. The number of fused-ring (bicyclic) bond motifs is 2. The maximum absolute atomic E-state index is 12.9. The summed E-state index contributed by atoms with van der Waals surface area (Å²) in [6.45, 7) is 3.03. The summed E-state index contributed by atoms with van der Waals surface area (Å²) >= 11 is 12.6. The van der Waals surface area contributed by atoms with Crippen LogP contribution in [-0.4, -0.2) is 148 Å². The number of nitrogens with one attached hydrogen (secondary N) is 4. The summed E-state index contributed by atoms with van der Waals surface area (Å²) in [5.74, 6) is -0.0227. The number of ether oxygens (including phenoxy) is 2. The zero-order valence-electron chi connectivity index (χ0n) is 61.0. The van der Waals surface area contributed by atoms with E-state index in [9.17, 15) is 104 Å². The van der Waals surface area contributed by atoms with Gasteiger partial charge in [-0.15, -0.1) is 0 Å². The minimum Gasteiger partial charge on any atom is -0.494 e. The van der Waals surface area contributed by atoms with Crippen molar-refractivity contribution >= 4 is 183 Å². The number of H-pyrrole nitrogens is 4. The summed E-state index contributed by atoms with van der Waals surface area (Å²) in [6.07, 6.45) is 2.16. The molecule has 0 atom stereocenters. The van der Waals surface area contributed by atoms with Crippen LogP contribution in [0.1, 0.15) is 22.3 Å². The third-order valence-corrected chi connectivity index (χ3v) is 21.8. The molecule has 10 rings (SSSR count). The first-order valence-corrected chi connectivity index (χ1v) is 40.4. The third kappa shape index (κ3) is 27.2. The van der Waals surface area contributed by atoms with Crippen molar-refractivity contribution in [1.82, 2.24) is 29.9 Å². The van der Waals surface area contributed by atoms with Crippen molar-refractivity contribution in [1.29, 1.82) is 0 Å². The van der Waals surface area contributed by atoms with E-state index in [4.69, 9.17) is 32.7 Å². The van der Waals surface area contributed by atoms with Crippen LogP contribution in [0.2, 0.25) is 10.6 Å². The third-order valence-electron chi connectivity index (χ3n) is 14.4. The van der Waals surface area contributed by atoms with Gasteiger partial charge in [-0.05, 0) is 144 Å². The van der Waals surface area contributed by atoms with Crippen LogP contribution in [0, 0.1) is 13.8 Å². The number of aromatic nitrogens is 6. The molecule has 0 saturated heterocycles. The van der Waals surface area contributed by atoms with E-state index >= 15 is 0 Å². The predicted octanol–water partition coefficient (Wildman–Crippen LogP) is -16.0. The molecule has 58 heteroatoms. The van der Waals surface area contributed by atoms with E-state index in [1.165, 1.54) is 64.5 Å². The Hall–Kier alpha value is -2.10. The number of benzene rings is 8. The van der Waals surface area contributed by atoms with E-state index in [0.29, 0.717) is 47.5 Å². The van der Waals surface area contributed by atoms with Crippen molar-refractivity contribution in [3.05, 3.63) is 164 Å². The Kier molecular flexibility index (Phi) is 40.1. The fraction of sp³-hybridized carbons (Fsp3) is 0.0714. The van der Waals surface area contributed by atoms with Gasteiger partial charge in [-0.2, -0.15) is 97.8 Å². The van der Waals surface area contributed by atoms with Gasteiger partial charge in [0.2, 0.25) is 33.0 Å². The van der Waals surface area contributed by atoms with Gasteiger partial charge < -0.3 is 19.4 Å². The molecule has 10 aromatic rings. The molecule has 0 aliphatic heterocycles. The van der Waals surface area contributed by atoms with E-state index in [0.717, 1.165) is 48.6 Å². The maximum Gasteiger partial charge on any atom is 1.00 e. The van der Waals surface area contributed by atoms with E-state index in [-0.39, 0.29) is 326 Å². The molecule has 0 spiro atoms. The number of azo groups is 2. The fourth-order valence-electron chi connectivity index (χ4n) is 9.80. The van der Waals surface area contributed by atoms with Crippen LogP contribution >= 0.6 is 23.2 Å². The van der Waals surface area contributed by atoms with Gasteiger partial charge in [0.25, 0.3) is 80.9 Å². The van der Waals surface area contributed by atoms with Gasteiger partial charge >= 0.3 is 236 Å². The van der Waals surface area contributed by atoms with Crippen LogP contribution in [0.3, 0.4) is 0 Å². The van der Waals surface area contributed by atoms with Gasteiger partial charge in [0.05, 0.1) is 58.1 Å². The first kappa shape index (κ1) is 108. The molecule has 8 aromatic carbocycles. The van der Waals surface area contributed by atoms with Gasteiger partial charge in [-0.3, -0.25) is 46.4 Å². The van der Waals surface area contributed by atoms with Crippen LogP contribution in [-0.2, 0) is 80.9 Å². The number of rotatable bonds is 20. The fourth-order valence-corrected chi connectivity index (χ4v) is 15.6. The number of methoxy groups -OCH3 is 2. The zero-order valence-corrected chi connectivity index (χ0v) is 85.0. The molecule has 0 fully saturated rings. The van der Waals surface area contributed by atoms with Crippen molar-refractivity contribution in [3.63, 3.8) is 0 Å². The SMILES string of the molecule is COc1cc(N=Nc2cc(S(=O)(=O)O)c3cc(S(=O)(=O)O)cc(S(=O)(=O)O)c3c2)c(C)cc1N=c1[nH]c(Cl)nc(=Nc2ccc(/C=C/c3ccc(N=c4nc(Cl)[nH]c(=Nc5cc(C)c(N=Nc6cc(S(=O)(=O)O)c7cc(S(=O)(=O)O)cc(S(=O)(=O)O)c7c6)cc5OC)[nH]4)cc3S(=O)(=O)O)c(S(=O)(=O)O)c2)[nH]1.[Na+].[Na+].[Na+].[Na+].[Na+].[Na+].[Na+].[Na+]. The molecule has 2 heterocycles. The Morgan fingerprint density at radius 2 is 0.623 bits per heavy atom. The largest absolute Gasteiger partial charge is 1.00 e. The van der Waals surface area contributed by atoms with Crippen molar-refractivity contribution < 1.29 is 350 Å². The summed E-state index contributed by atoms with van der Waals surface area (Å²) in [5, 5.41) is 12.6. The molecule has 556 valence electrons. The summed E-state index contributed by atoms with van der Waals surface area (Å²) in [7, 11) is -39.5. The molecule has 40 nitrogen and oxygen atoms in total. The molecular weight excluding hydrogens is 1800 g/mol. The van der Waals surface area contributed by atoms with Crippen LogP contribution in [0.15, 0.2) is 189 Å². The second-order valence-electron chi connectivity index (χ2n) is 21.6. The summed E-state index contributed by atoms with van der Waals surface area (Å²) in [5.41, 5.74) is -1.94. The minimum atomic E-state index is -5.34. The Morgan fingerprint density at radius 3 is 0.912 bits per heavy atom. The number of hydrogen-bond donors (Lipinski definition) is 12. The monoisotopic (exact) mass is 1840 g/mol. The Labute approximate surface area is 833 Å². The number of aryl methyl sites for hydroxylation is 2. The van der Waals surface area contributed by atoms with E-state index in [2.05, 4.69) is 70.3 Å². The van der Waals surface area contributed by atoms with E-state index in [1.54, 1.807) is 0 Å². The van der Waals surface area contributed by atoms with Crippen molar-refractivity contribution in [2.75, 3.05) is 14.2 Å². The van der Waals surface area contributed by atoms with E-state index in [1.807, 2.05) is 0 Å². The summed E-state index contributed by atoms with van der Waals surface area (Å²) < 4.78 is 290. The standard InChI is InChI=1S/C56H44Cl2N14O26S8.8Na/c1-25-11-41(43(97-3)23-39(25)71-69-31-13-35-37(47(17-31)103(85,86)87)19-33(99(73,74)75)21-49(35)105(91,92)93)61-55-65-51(57)63-53(67-55)59-29-9-7-27(45(15-29)101(79,80)81)5-6-28-8-10-30(16-46(28)102(82,83)84)60-54-64-52(58)66-56(68-54)62-42-12-26(2)40(24-44(42)98-4)72-70-32-14-36-38(48(18-32)104(88,89)90)20-34(100(76,77)78)22-50(36)106(94,95)96;;;;;;;;/h5-24H,1-4H3,(H,73,74,75)(H,76,77,78)(H,79,80,81)(H,82,83,84)(H,85,86,87)(H,88,89,90)(H,91,92,93)(H,94,95,96)(H2,59,61,63,65,67)(H2,60,62,64,66,68);;;;;;;;/q;8*+1/b6-5+,71-69?,72-70?;;;;;;;;. The number of aromatic amines is 4. The molecule has 12 N–H and O–H groups in total. The van der Waals surface area contributed by atoms with E-state index < -0.39 is 153 Å². The molecule has 0 saturated carbocycles. The summed E-state index contributed by atoms with van der Waals surface area (Å²) in [4.78, 5) is 28.0. The Morgan fingerprint density at radius 1 is 0.333 bits per heavy atom. The minimum absolute atomic E-state index is 0. The van der Waals surface area contributed by atoms with Crippen LogP contribution < -0.4 is 268 Å². The van der Waals surface area contributed by atoms with Crippen LogP contribution in [0.25, 0.3) is 33.7 Å². The smallest absolute Gasteiger partial charge is 0.494 e. The molecule has 0 aliphatic rings. The Balaban J connectivity index is 0.00000551. The average molecular weight is 1840 g/mol. The topological polar surface area (TPSA) is 641 Å². The molecule has 114 heavy (non-hydrogen) atoms. The van der Waals surface area contributed by atoms with Crippen LogP contribution in [0.5, 0.6) is 11.5 Å². The molecule has 0 unspecified atom stereocenters. The molecule has 0 radical (unpaired) electrons. The second kappa shape index (κ2) is 42.3. The molecule has 2 aromatic heterocycles. The van der Waals surface area contributed by atoms with Gasteiger partial charge in [0.15, 0.2) is 0 Å². The van der Waals surface area contributed by atoms with Gasteiger partial charge in [0.1, 0.15) is 52.2 Å². The van der Waals surface area contributed by atoms with Crippen molar-refractivity contribution in [2.24, 2.45) is 40.4 Å². The number of hydrogen-bond acceptors (Lipinski definition) is 28. The average Bonchev–Trinajstić information content (AvgIpc) is 0.748. The van der Waals surface area contributed by atoms with Gasteiger partial charge in [-0.25, -0.2) is 20.0 Å². The van der Waals surface area contributed by atoms with Crippen molar-refractivity contribution in [3.8, 4) is 11.5 Å². The quantitative estimate of drug-likeness (QED) is 0.0146. The first-order valence-electron chi connectivity index (χ1n) is 28.2. The summed E-state index contributed by atoms with van der Waals surface area (Å²) in [6, 6.07) is 17.0. The molecule has 0 bridgehead atoms. The zero-order chi connectivity index (χ0) is 77.9. The number of halogens is 2. The second-order valence-corrected chi connectivity index (χ2v) is 33.5. The van der Waals surface area contributed by atoms with Crippen LogP contribution in [0.4, 0.5) is 45.5 Å². The maximum atomic E-state index is 12.9. The Bertz CT molecular complexity index is 6500. The molecule has 0 aliphatic carbocycles. The van der Waals surface area contributed by atoms with Gasteiger partial charge in [-0.1, -0.05) is 24.3 Å². The van der Waals surface area contributed by atoms with Crippen molar-refractivity contribution in [2.45, 2.75) is 53.0 Å². The molecule has 0 amide bonds. The van der Waals surface area contributed by atoms with Gasteiger partial charge in [0, 0.05) is 33.7 Å². The predicted molar refractivity (Wildman–Crippen MR) is 369 cm³/mol. The molecular formula is C56H44Cl2N14Na8O26S8+8. The normalized spacial score (nSPS) is 12.9.